The predicted octanol–water partition coefficient (Wildman–Crippen LogP) is 3.42. The summed E-state index contributed by atoms with van der Waals surface area (Å²) in [6, 6.07) is 0. The van der Waals surface area contributed by atoms with Gasteiger partial charge in [0.15, 0.2) is 0 Å². The third-order valence-corrected chi connectivity index (χ3v) is 3.47. The lowest BCUT2D eigenvalue weighted by Gasteiger charge is -2.08. The third kappa shape index (κ3) is 2.53. The van der Waals surface area contributed by atoms with Crippen LogP contribution in [0.4, 0.5) is 0 Å². The van der Waals surface area contributed by atoms with Crippen LogP contribution in [0.25, 0.3) is 0 Å². The molecule has 72 valence electrons. The first kappa shape index (κ1) is 11.2. The van der Waals surface area contributed by atoms with E-state index in [9.17, 15) is 0 Å². The topological polar surface area (TPSA) is 25.8 Å². The lowest BCUT2D eigenvalue weighted by atomic mass is 10.2. The summed E-state index contributed by atoms with van der Waals surface area (Å²) in [4.78, 5) is 8.68. The first-order chi connectivity index (χ1) is 6.06. The van der Waals surface area contributed by atoms with Gasteiger partial charge < -0.3 is 0 Å². The van der Waals surface area contributed by atoms with Crippen LogP contribution in [-0.4, -0.2) is 9.97 Å². The Kier molecular flexibility index (Phi) is 3.91. The summed E-state index contributed by atoms with van der Waals surface area (Å²) >= 11 is 8.17. The Labute approximate surface area is 97.3 Å². The van der Waals surface area contributed by atoms with Gasteiger partial charge in [0.1, 0.15) is 11.0 Å². The van der Waals surface area contributed by atoms with Crippen molar-refractivity contribution in [3.05, 3.63) is 20.2 Å². The van der Waals surface area contributed by atoms with E-state index in [0.29, 0.717) is 11.1 Å². The van der Waals surface area contributed by atoms with E-state index in [0.717, 1.165) is 21.5 Å². The Morgan fingerprint density at radius 2 is 2.00 bits per heavy atom. The summed E-state index contributed by atoms with van der Waals surface area (Å²) in [7, 11) is 0. The molecule has 0 N–H and O–H groups in total. The van der Waals surface area contributed by atoms with Crippen LogP contribution in [0, 0.1) is 3.57 Å². The molecule has 0 radical (unpaired) electrons. The van der Waals surface area contributed by atoms with Gasteiger partial charge in [-0.2, -0.15) is 0 Å². The molecule has 0 bridgehead atoms. The van der Waals surface area contributed by atoms with Gasteiger partial charge in [0.2, 0.25) is 0 Å². The van der Waals surface area contributed by atoms with E-state index >= 15 is 0 Å². The second kappa shape index (κ2) is 4.55. The quantitative estimate of drug-likeness (QED) is 0.618. The van der Waals surface area contributed by atoms with E-state index in [4.69, 9.17) is 11.6 Å². The second-order valence-electron chi connectivity index (χ2n) is 3.14. The molecule has 0 aromatic carbocycles. The summed E-state index contributed by atoms with van der Waals surface area (Å²) < 4.78 is 0.978. The van der Waals surface area contributed by atoms with Crippen molar-refractivity contribution < 1.29 is 0 Å². The van der Waals surface area contributed by atoms with Gasteiger partial charge in [-0.05, 0) is 29.0 Å². The number of hydrogen-bond acceptors (Lipinski definition) is 2. The van der Waals surface area contributed by atoms with Crippen LogP contribution in [-0.2, 0) is 6.42 Å². The SMILES string of the molecule is CCc1nc(C(C)C)nc(Cl)c1I. The zero-order valence-electron chi connectivity index (χ0n) is 7.93. The van der Waals surface area contributed by atoms with Gasteiger partial charge >= 0.3 is 0 Å². The fourth-order valence-corrected chi connectivity index (χ4v) is 1.79. The predicted molar refractivity (Wildman–Crippen MR) is 63.2 cm³/mol. The lowest BCUT2D eigenvalue weighted by Crippen LogP contribution is -2.04. The summed E-state index contributed by atoms with van der Waals surface area (Å²) in [5.74, 6) is 1.17. The molecule has 13 heavy (non-hydrogen) atoms. The van der Waals surface area contributed by atoms with E-state index in [-0.39, 0.29) is 0 Å². The summed E-state index contributed by atoms with van der Waals surface area (Å²) in [5.41, 5.74) is 1.05. The molecule has 0 fully saturated rings. The number of nitrogens with zero attached hydrogens (tertiary/aromatic N) is 2. The molecule has 0 saturated heterocycles. The molecule has 0 saturated carbocycles. The van der Waals surface area contributed by atoms with Gasteiger partial charge in [-0.25, -0.2) is 9.97 Å². The average Bonchev–Trinajstić information content (AvgIpc) is 2.09. The first-order valence-corrected chi connectivity index (χ1v) is 5.73. The average molecular weight is 311 g/mol. The fraction of sp³-hybridized carbons (Fsp3) is 0.556. The van der Waals surface area contributed by atoms with E-state index in [1.54, 1.807) is 0 Å². The largest absolute Gasteiger partial charge is 0.236 e. The van der Waals surface area contributed by atoms with Crippen LogP contribution >= 0.6 is 34.2 Å². The van der Waals surface area contributed by atoms with Gasteiger partial charge in [-0.15, -0.1) is 0 Å². The maximum absolute atomic E-state index is 5.98. The molecule has 0 aliphatic rings. The summed E-state index contributed by atoms with van der Waals surface area (Å²) in [5, 5.41) is 0.580. The minimum atomic E-state index is 0.333. The molecular weight excluding hydrogens is 298 g/mol. The van der Waals surface area contributed by atoms with Crippen molar-refractivity contribution in [3.8, 4) is 0 Å². The van der Waals surface area contributed by atoms with Crippen molar-refractivity contribution in [2.45, 2.75) is 33.1 Å². The van der Waals surface area contributed by atoms with Crippen molar-refractivity contribution >= 4 is 34.2 Å². The molecule has 1 heterocycles. The highest BCUT2D eigenvalue weighted by atomic mass is 127. The Hall–Kier alpha value is 0.100. The van der Waals surface area contributed by atoms with Crippen LogP contribution in [0.5, 0.6) is 0 Å². The van der Waals surface area contributed by atoms with E-state index < -0.39 is 0 Å². The van der Waals surface area contributed by atoms with Crippen LogP contribution in [0.2, 0.25) is 5.15 Å². The molecular formula is C9H12ClIN2. The van der Waals surface area contributed by atoms with Crippen LogP contribution in [0.15, 0.2) is 0 Å². The van der Waals surface area contributed by atoms with Crippen molar-refractivity contribution in [1.29, 1.82) is 0 Å². The molecule has 0 spiro atoms. The Balaban J connectivity index is 3.22. The highest BCUT2D eigenvalue weighted by Gasteiger charge is 2.10. The molecule has 0 amide bonds. The van der Waals surface area contributed by atoms with Crippen molar-refractivity contribution in [2.75, 3.05) is 0 Å². The summed E-state index contributed by atoms with van der Waals surface area (Å²) in [6.45, 7) is 6.21. The Morgan fingerprint density at radius 1 is 1.38 bits per heavy atom. The maximum atomic E-state index is 5.98. The minimum Gasteiger partial charge on any atom is -0.236 e. The van der Waals surface area contributed by atoms with Crippen LogP contribution < -0.4 is 0 Å². The normalized spacial score (nSPS) is 10.9. The van der Waals surface area contributed by atoms with E-state index in [2.05, 4.69) is 53.3 Å². The maximum Gasteiger partial charge on any atom is 0.146 e. The van der Waals surface area contributed by atoms with Crippen LogP contribution in [0.3, 0.4) is 0 Å². The monoisotopic (exact) mass is 310 g/mol. The standard InChI is InChI=1S/C9H12ClIN2/c1-4-6-7(11)8(10)13-9(12-6)5(2)3/h5H,4H2,1-3H3. The molecule has 0 unspecified atom stereocenters. The Bertz CT molecular complexity index is 313. The lowest BCUT2D eigenvalue weighted by molar-refractivity contribution is 0.755. The Morgan fingerprint density at radius 3 is 2.46 bits per heavy atom. The molecule has 1 aromatic rings. The second-order valence-corrected chi connectivity index (χ2v) is 4.58. The van der Waals surface area contributed by atoms with E-state index in [1.165, 1.54) is 0 Å². The zero-order chi connectivity index (χ0) is 10.0. The minimum absolute atomic E-state index is 0.333. The van der Waals surface area contributed by atoms with Crippen molar-refractivity contribution in [1.82, 2.24) is 9.97 Å². The van der Waals surface area contributed by atoms with Gasteiger partial charge in [-0.1, -0.05) is 32.4 Å². The smallest absolute Gasteiger partial charge is 0.146 e. The molecule has 2 nitrogen and oxygen atoms in total. The molecule has 0 aliphatic carbocycles. The van der Waals surface area contributed by atoms with Gasteiger partial charge in [0.25, 0.3) is 0 Å². The summed E-state index contributed by atoms with van der Waals surface area (Å²) in [6.07, 6.45) is 0.903. The number of aromatic nitrogens is 2. The van der Waals surface area contributed by atoms with Crippen LogP contribution in [0.1, 0.15) is 38.2 Å². The highest BCUT2D eigenvalue weighted by molar-refractivity contribution is 14.1. The molecule has 4 heteroatoms. The highest BCUT2D eigenvalue weighted by Crippen LogP contribution is 2.22. The number of aryl methyl sites for hydroxylation is 1. The fourth-order valence-electron chi connectivity index (χ4n) is 0.974. The number of rotatable bonds is 2. The van der Waals surface area contributed by atoms with Gasteiger partial charge in [-0.3, -0.25) is 0 Å². The zero-order valence-corrected chi connectivity index (χ0v) is 10.8. The van der Waals surface area contributed by atoms with Crippen molar-refractivity contribution in [3.63, 3.8) is 0 Å². The van der Waals surface area contributed by atoms with Crippen molar-refractivity contribution in [2.24, 2.45) is 0 Å². The number of halogens is 2. The molecule has 1 aromatic heterocycles. The number of hydrogen-bond donors (Lipinski definition) is 0. The van der Waals surface area contributed by atoms with E-state index in [1.807, 2.05) is 0 Å². The molecule has 0 atom stereocenters. The van der Waals surface area contributed by atoms with Gasteiger partial charge in [0.05, 0.1) is 9.26 Å². The van der Waals surface area contributed by atoms with Gasteiger partial charge in [0, 0.05) is 5.92 Å². The first-order valence-electron chi connectivity index (χ1n) is 4.28. The molecule has 1 rings (SSSR count). The molecule has 0 aliphatic heterocycles. The third-order valence-electron chi connectivity index (χ3n) is 1.75.